The van der Waals surface area contributed by atoms with Crippen molar-refractivity contribution in [2.24, 2.45) is 0 Å². The summed E-state index contributed by atoms with van der Waals surface area (Å²) in [4.78, 5) is 22.3. The Kier molecular flexibility index (Phi) is 10.5. The highest BCUT2D eigenvalue weighted by Gasteiger charge is 2.24. The van der Waals surface area contributed by atoms with Crippen molar-refractivity contribution in [2.75, 3.05) is 39.1 Å². The first-order valence-electron chi connectivity index (χ1n) is 12.2. The number of fused-ring (bicyclic) bond motifs is 1. The van der Waals surface area contributed by atoms with Gasteiger partial charge in [-0.25, -0.2) is 13.4 Å². The molecule has 4 rings (SSSR count). The molecule has 0 N–H and O–H groups in total. The number of carbonyl (C=O) groups is 1. The Balaban J connectivity index is 0.00000420. The standard InChI is InChI=1S/C28H31ClN4O3S2.ClH/c1-20-17-23(29)18-25-26(20)30-28(37-25)33(16-8-15-31(2)3)27(34)22-11-13-24(14-12-22)38(35,36)32(4)19-21-9-6-5-7-10-21;/h5-7,9-14,17-18H,8,15-16,19H2,1-4H3;1H. The van der Waals surface area contributed by atoms with E-state index in [4.69, 9.17) is 16.6 Å². The molecule has 0 spiro atoms. The van der Waals surface area contributed by atoms with Gasteiger partial charge in [0.05, 0.1) is 15.1 Å². The third kappa shape index (κ3) is 7.36. The molecule has 208 valence electrons. The lowest BCUT2D eigenvalue weighted by Gasteiger charge is -2.21. The third-order valence-electron chi connectivity index (χ3n) is 6.16. The molecule has 1 aromatic heterocycles. The lowest BCUT2D eigenvalue weighted by Crippen LogP contribution is -2.33. The maximum atomic E-state index is 13.7. The molecule has 0 saturated heterocycles. The van der Waals surface area contributed by atoms with Gasteiger partial charge in [-0.2, -0.15) is 4.31 Å². The van der Waals surface area contributed by atoms with Crippen molar-refractivity contribution in [3.63, 3.8) is 0 Å². The van der Waals surface area contributed by atoms with E-state index in [1.165, 1.54) is 27.8 Å². The van der Waals surface area contributed by atoms with E-state index in [1.54, 1.807) is 24.1 Å². The van der Waals surface area contributed by atoms with E-state index >= 15 is 0 Å². The van der Waals surface area contributed by atoms with Crippen LogP contribution >= 0.6 is 35.3 Å². The van der Waals surface area contributed by atoms with Crippen LogP contribution in [-0.2, 0) is 16.6 Å². The topological polar surface area (TPSA) is 73.8 Å². The molecule has 4 aromatic rings. The lowest BCUT2D eigenvalue weighted by atomic mass is 10.2. The minimum Gasteiger partial charge on any atom is -0.309 e. The number of halogens is 2. The van der Waals surface area contributed by atoms with E-state index in [0.29, 0.717) is 22.3 Å². The van der Waals surface area contributed by atoms with Gasteiger partial charge in [0.15, 0.2) is 5.13 Å². The monoisotopic (exact) mass is 606 g/mol. The van der Waals surface area contributed by atoms with Gasteiger partial charge in [-0.05, 0) is 81.5 Å². The minimum absolute atomic E-state index is 0. The second kappa shape index (κ2) is 13.2. The molecule has 0 aliphatic rings. The van der Waals surface area contributed by atoms with Gasteiger partial charge in [0.1, 0.15) is 0 Å². The van der Waals surface area contributed by atoms with Crippen LogP contribution in [0.1, 0.15) is 27.9 Å². The van der Waals surface area contributed by atoms with E-state index in [1.807, 2.05) is 63.5 Å². The van der Waals surface area contributed by atoms with E-state index < -0.39 is 10.0 Å². The highest BCUT2D eigenvalue weighted by molar-refractivity contribution is 7.89. The molecule has 1 heterocycles. The van der Waals surface area contributed by atoms with Crippen LogP contribution in [0.2, 0.25) is 5.02 Å². The van der Waals surface area contributed by atoms with Gasteiger partial charge in [-0.3, -0.25) is 9.69 Å². The average molecular weight is 608 g/mol. The Labute approximate surface area is 245 Å². The summed E-state index contributed by atoms with van der Waals surface area (Å²) in [6.45, 7) is 3.49. The zero-order valence-electron chi connectivity index (χ0n) is 22.3. The highest BCUT2D eigenvalue weighted by atomic mass is 35.5. The molecule has 0 unspecified atom stereocenters. The minimum atomic E-state index is -3.72. The Bertz CT molecular complexity index is 1530. The molecule has 0 atom stereocenters. The van der Waals surface area contributed by atoms with Crippen LogP contribution in [0.15, 0.2) is 71.6 Å². The summed E-state index contributed by atoms with van der Waals surface area (Å²) >= 11 is 7.67. The first-order chi connectivity index (χ1) is 18.1. The molecule has 11 heteroatoms. The van der Waals surface area contributed by atoms with Crippen LogP contribution in [0.25, 0.3) is 10.2 Å². The number of hydrogen-bond donors (Lipinski definition) is 0. The van der Waals surface area contributed by atoms with Crippen molar-refractivity contribution in [3.05, 3.63) is 88.4 Å². The van der Waals surface area contributed by atoms with Gasteiger partial charge in [0.2, 0.25) is 10.0 Å². The number of amides is 1. The summed E-state index contributed by atoms with van der Waals surface area (Å²) in [5, 5.41) is 1.22. The van der Waals surface area contributed by atoms with E-state index in [9.17, 15) is 13.2 Å². The highest BCUT2D eigenvalue weighted by Crippen LogP contribution is 2.34. The van der Waals surface area contributed by atoms with Crippen molar-refractivity contribution >= 4 is 66.6 Å². The molecular formula is C28H32Cl2N4O3S2. The quantitative estimate of drug-likeness (QED) is 0.218. The number of aromatic nitrogens is 1. The molecule has 7 nitrogen and oxygen atoms in total. The third-order valence-corrected chi connectivity index (χ3v) is 9.22. The Morgan fingerprint density at radius 2 is 1.64 bits per heavy atom. The van der Waals surface area contributed by atoms with Gasteiger partial charge >= 0.3 is 0 Å². The number of anilines is 1. The second-order valence-electron chi connectivity index (χ2n) is 9.45. The van der Waals surface area contributed by atoms with Crippen molar-refractivity contribution in [2.45, 2.75) is 24.8 Å². The number of carbonyl (C=O) groups excluding carboxylic acids is 1. The second-order valence-corrected chi connectivity index (χ2v) is 12.9. The van der Waals surface area contributed by atoms with Crippen molar-refractivity contribution in [1.82, 2.24) is 14.2 Å². The number of benzene rings is 3. The summed E-state index contributed by atoms with van der Waals surface area (Å²) in [6, 6.07) is 19.3. The number of thiazole rings is 1. The van der Waals surface area contributed by atoms with E-state index in [2.05, 4.69) is 4.90 Å². The van der Waals surface area contributed by atoms with Crippen LogP contribution < -0.4 is 4.90 Å². The summed E-state index contributed by atoms with van der Waals surface area (Å²) < 4.78 is 28.5. The Hall–Kier alpha value is -2.53. The molecule has 3 aromatic carbocycles. The predicted octanol–water partition coefficient (Wildman–Crippen LogP) is 6.10. The maximum Gasteiger partial charge on any atom is 0.260 e. The van der Waals surface area contributed by atoms with Crippen LogP contribution in [0, 0.1) is 6.92 Å². The summed E-state index contributed by atoms with van der Waals surface area (Å²) in [5.74, 6) is -0.229. The molecular weight excluding hydrogens is 575 g/mol. The first-order valence-corrected chi connectivity index (χ1v) is 14.8. The lowest BCUT2D eigenvalue weighted by molar-refractivity contribution is 0.0986. The largest absolute Gasteiger partial charge is 0.309 e. The predicted molar refractivity (Wildman–Crippen MR) is 163 cm³/mol. The maximum absolute atomic E-state index is 13.7. The number of nitrogens with zero attached hydrogens (tertiary/aromatic N) is 4. The summed E-state index contributed by atoms with van der Waals surface area (Å²) in [6.07, 6.45) is 0.755. The molecule has 0 fully saturated rings. The number of hydrogen-bond acceptors (Lipinski definition) is 6. The van der Waals surface area contributed by atoms with Gasteiger partial charge in [-0.15, -0.1) is 12.4 Å². The van der Waals surface area contributed by atoms with Gasteiger partial charge < -0.3 is 4.90 Å². The van der Waals surface area contributed by atoms with Crippen LogP contribution in [0.5, 0.6) is 0 Å². The van der Waals surface area contributed by atoms with Crippen LogP contribution in [0.4, 0.5) is 5.13 Å². The Morgan fingerprint density at radius 3 is 2.28 bits per heavy atom. The zero-order valence-corrected chi connectivity index (χ0v) is 25.5. The van der Waals surface area contributed by atoms with Crippen molar-refractivity contribution in [1.29, 1.82) is 0 Å². The molecule has 0 bridgehead atoms. The van der Waals surface area contributed by atoms with Gasteiger partial charge in [-0.1, -0.05) is 53.3 Å². The summed E-state index contributed by atoms with van der Waals surface area (Å²) in [5.41, 5.74) is 3.06. The summed E-state index contributed by atoms with van der Waals surface area (Å²) in [7, 11) is 1.81. The average Bonchev–Trinajstić information content (AvgIpc) is 3.31. The molecule has 39 heavy (non-hydrogen) atoms. The van der Waals surface area contributed by atoms with Crippen LogP contribution in [-0.4, -0.2) is 62.7 Å². The molecule has 0 saturated carbocycles. The van der Waals surface area contributed by atoms with Gasteiger partial charge in [0.25, 0.3) is 5.91 Å². The van der Waals surface area contributed by atoms with Gasteiger partial charge in [0, 0.05) is 30.7 Å². The van der Waals surface area contributed by atoms with Crippen molar-refractivity contribution < 1.29 is 13.2 Å². The number of rotatable bonds is 10. The SMILES string of the molecule is Cc1cc(Cl)cc2sc(N(CCCN(C)C)C(=O)c3ccc(S(=O)(=O)N(C)Cc4ccccc4)cc3)nc12.Cl. The molecule has 0 aliphatic heterocycles. The fourth-order valence-electron chi connectivity index (χ4n) is 4.12. The molecule has 1 amide bonds. The Morgan fingerprint density at radius 1 is 0.974 bits per heavy atom. The fourth-order valence-corrected chi connectivity index (χ4v) is 6.72. The smallest absolute Gasteiger partial charge is 0.260 e. The molecule has 0 radical (unpaired) electrons. The number of sulfonamides is 1. The van der Waals surface area contributed by atoms with Crippen molar-refractivity contribution in [3.8, 4) is 0 Å². The molecule has 0 aliphatic carbocycles. The van der Waals surface area contributed by atoms with E-state index in [0.717, 1.165) is 34.3 Å². The van der Waals surface area contributed by atoms with Crippen LogP contribution in [0.3, 0.4) is 0 Å². The van der Waals surface area contributed by atoms with E-state index in [-0.39, 0.29) is 29.8 Å². The zero-order chi connectivity index (χ0) is 27.4. The fraction of sp³-hybridized carbons (Fsp3) is 0.286. The number of aryl methyl sites for hydroxylation is 1. The first kappa shape index (κ1) is 31.0. The normalized spacial score (nSPS) is 11.7.